The summed E-state index contributed by atoms with van der Waals surface area (Å²) in [6.45, 7) is 0. The highest BCUT2D eigenvalue weighted by Gasteiger charge is 2.17. The summed E-state index contributed by atoms with van der Waals surface area (Å²) in [5.74, 6) is -0.498. The lowest BCUT2D eigenvalue weighted by atomic mass is 10.2. The van der Waals surface area contributed by atoms with E-state index in [0.717, 1.165) is 0 Å². The molecule has 0 aliphatic heterocycles. The van der Waals surface area contributed by atoms with Crippen molar-refractivity contribution < 1.29 is 27.9 Å². The van der Waals surface area contributed by atoms with Crippen LogP contribution in [0.4, 0.5) is 11.4 Å². The van der Waals surface area contributed by atoms with Crippen molar-refractivity contribution in [2.24, 2.45) is 0 Å². The predicted octanol–water partition coefficient (Wildman–Crippen LogP) is 5.23. The third-order valence-corrected chi connectivity index (χ3v) is 6.24. The minimum atomic E-state index is -3.98. The van der Waals surface area contributed by atoms with E-state index in [1.165, 1.54) is 48.5 Å². The zero-order valence-corrected chi connectivity index (χ0v) is 19.0. The Labute approximate surface area is 201 Å². The zero-order valence-electron chi connectivity index (χ0n) is 18.2. The van der Waals surface area contributed by atoms with Gasteiger partial charge in [-0.15, -0.1) is 0 Å². The van der Waals surface area contributed by atoms with Gasteiger partial charge in [-0.25, -0.2) is 13.2 Å². The number of carbonyl (C=O) groups is 2. The topological polar surface area (TPSA) is 122 Å². The molecular weight excluding hydrogens is 468 g/mol. The number of carbonyl (C=O) groups excluding carboxylic acids is 1. The maximum Gasteiger partial charge on any atom is 0.335 e. The molecular formula is C26H20N2O6S. The average Bonchev–Trinajstić information content (AvgIpc) is 2.86. The highest BCUT2D eigenvalue weighted by molar-refractivity contribution is 7.92. The van der Waals surface area contributed by atoms with Crippen molar-refractivity contribution >= 4 is 33.3 Å². The molecule has 0 bridgehead atoms. The van der Waals surface area contributed by atoms with Crippen molar-refractivity contribution in [3.05, 3.63) is 114 Å². The van der Waals surface area contributed by atoms with Crippen molar-refractivity contribution in [3.63, 3.8) is 0 Å². The first kappa shape index (κ1) is 23.5. The molecule has 35 heavy (non-hydrogen) atoms. The van der Waals surface area contributed by atoms with Crippen molar-refractivity contribution in [3.8, 4) is 11.5 Å². The van der Waals surface area contributed by atoms with Gasteiger partial charge in [0.25, 0.3) is 15.9 Å². The maximum atomic E-state index is 12.9. The van der Waals surface area contributed by atoms with Crippen molar-refractivity contribution in [1.82, 2.24) is 0 Å². The Bertz CT molecular complexity index is 1470. The van der Waals surface area contributed by atoms with E-state index in [2.05, 4.69) is 10.0 Å². The van der Waals surface area contributed by atoms with Gasteiger partial charge in [0.15, 0.2) is 0 Å². The number of carboxylic acids is 1. The molecule has 0 saturated heterocycles. The summed E-state index contributed by atoms with van der Waals surface area (Å²) in [7, 11) is -3.98. The third kappa shape index (κ3) is 6.04. The van der Waals surface area contributed by atoms with Crippen LogP contribution in [0.25, 0.3) is 0 Å². The summed E-state index contributed by atoms with van der Waals surface area (Å²) in [5, 5.41) is 11.7. The number of anilines is 2. The van der Waals surface area contributed by atoms with Crippen LogP contribution in [0.3, 0.4) is 0 Å². The van der Waals surface area contributed by atoms with Gasteiger partial charge in [0.2, 0.25) is 0 Å². The normalized spacial score (nSPS) is 10.9. The van der Waals surface area contributed by atoms with Crippen LogP contribution >= 0.6 is 0 Å². The Hall–Kier alpha value is -4.63. The van der Waals surface area contributed by atoms with Gasteiger partial charge in [-0.1, -0.05) is 30.3 Å². The predicted molar refractivity (Wildman–Crippen MR) is 132 cm³/mol. The molecule has 176 valence electrons. The number of hydrogen-bond acceptors (Lipinski definition) is 5. The second kappa shape index (κ2) is 10.1. The van der Waals surface area contributed by atoms with Gasteiger partial charge in [-0.3, -0.25) is 9.52 Å². The number of amides is 1. The van der Waals surface area contributed by atoms with Crippen LogP contribution < -0.4 is 14.8 Å². The lowest BCUT2D eigenvalue weighted by molar-refractivity contribution is 0.0696. The number of hydrogen-bond donors (Lipinski definition) is 3. The van der Waals surface area contributed by atoms with Gasteiger partial charge in [0.1, 0.15) is 11.5 Å². The molecule has 0 atom stereocenters. The molecule has 0 saturated carbocycles. The van der Waals surface area contributed by atoms with Crippen LogP contribution in [-0.2, 0) is 10.0 Å². The largest absolute Gasteiger partial charge is 0.478 e. The molecule has 4 aromatic rings. The first-order valence-electron chi connectivity index (χ1n) is 10.4. The Morgan fingerprint density at radius 2 is 1.34 bits per heavy atom. The number of nitrogens with one attached hydrogen (secondary N) is 2. The van der Waals surface area contributed by atoms with E-state index in [1.807, 2.05) is 30.3 Å². The molecule has 0 fully saturated rings. The van der Waals surface area contributed by atoms with Crippen LogP contribution in [0.15, 0.2) is 108 Å². The summed E-state index contributed by atoms with van der Waals surface area (Å²) in [4.78, 5) is 23.7. The summed E-state index contributed by atoms with van der Waals surface area (Å²) >= 11 is 0. The lowest BCUT2D eigenvalue weighted by Crippen LogP contribution is -2.16. The second-order valence-electron chi connectivity index (χ2n) is 7.41. The fraction of sp³-hybridized carbons (Fsp3) is 0. The van der Waals surface area contributed by atoms with E-state index < -0.39 is 21.9 Å². The Morgan fingerprint density at radius 1 is 0.686 bits per heavy atom. The first-order valence-corrected chi connectivity index (χ1v) is 11.9. The van der Waals surface area contributed by atoms with Crippen LogP contribution in [0.1, 0.15) is 20.7 Å². The smallest absolute Gasteiger partial charge is 0.335 e. The summed E-state index contributed by atoms with van der Waals surface area (Å²) in [6, 6.07) is 26.9. The Morgan fingerprint density at radius 3 is 2.06 bits per heavy atom. The molecule has 1 amide bonds. The molecule has 4 rings (SSSR count). The van der Waals surface area contributed by atoms with E-state index in [9.17, 15) is 18.0 Å². The Balaban J connectivity index is 1.46. The third-order valence-electron chi connectivity index (χ3n) is 4.86. The maximum absolute atomic E-state index is 12.9. The number of carboxylic acid groups (broad SMARTS) is 1. The Kier molecular flexibility index (Phi) is 6.79. The monoisotopic (exact) mass is 488 g/mol. The molecule has 3 N–H and O–H groups in total. The minimum Gasteiger partial charge on any atom is -0.478 e. The number of para-hydroxylation sites is 1. The molecule has 0 spiro atoms. The van der Waals surface area contributed by atoms with Crippen LogP contribution in [0, 0.1) is 0 Å². The summed E-state index contributed by atoms with van der Waals surface area (Å²) in [6.07, 6.45) is 0. The fourth-order valence-corrected chi connectivity index (χ4v) is 4.27. The van der Waals surface area contributed by atoms with Crippen LogP contribution in [0.5, 0.6) is 11.5 Å². The van der Waals surface area contributed by atoms with E-state index in [0.29, 0.717) is 17.2 Å². The van der Waals surface area contributed by atoms with Crippen molar-refractivity contribution in [2.75, 3.05) is 10.0 Å². The fourth-order valence-electron chi connectivity index (χ4n) is 3.17. The number of rotatable bonds is 8. The van der Waals surface area contributed by atoms with E-state index in [4.69, 9.17) is 9.84 Å². The molecule has 0 aliphatic rings. The number of benzene rings is 4. The van der Waals surface area contributed by atoms with Gasteiger partial charge >= 0.3 is 5.97 Å². The summed E-state index contributed by atoms with van der Waals surface area (Å²) in [5.41, 5.74) is 0.716. The molecule has 0 heterocycles. The molecule has 0 radical (unpaired) electrons. The first-order chi connectivity index (χ1) is 16.8. The van der Waals surface area contributed by atoms with Crippen molar-refractivity contribution in [1.29, 1.82) is 0 Å². The van der Waals surface area contributed by atoms with E-state index in [1.54, 1.807) is 24.3 Å². The SMILES string of the molecule is O=C(O)c1cccc(NC(=O)c2cccc(S(=O)(=O)Nc3ccc(Oc4ccccc4)cc3)c2)c1. The number of aromatic carboxylic acids is 1. The van der Waals surface area contributed by atoms with Crippen molar-refractivity contribution in [2.45, 2.75) is 4.90 Å². The molecule has 0 aromatic heterocycles. The van der Waals surface area contributed by atoms with Gasteiger partial charge in [0.05, 0.1) is 10.5 Å². The van der Waals surface area contributed by atoms with Gasteiger partial charge in [-0.05, 0) is 72.8 Å². The number of sulfonamides is 1. The lowest BCUT2D eigenvalue weighted by Gasteiger charge is -2.11. The van der Waals surface area contributed by atoms with Gasteiger partial charge < -0.3 is 15.2 Å². The quantitative estimate of drug-likeness (QED) is 0.312. The van der Waals surface area contributed by atoms with Gasteiger partial charge in [0, 0.05) is 16.9 Å². The van der Waals surface area contributed by atoms with Gasteiger partial charge in [-0.2, -0.15) is 0 Å². The average molecular weight is 489 g/mol. The van der Waals surface area contributed by atoms with Crippen LogP contribution in [-0.4, -0.2) is 25.4 Å². The standard InChI is InChI=1S/C26H20N2O6S/c29-25(27-21-8-4-7-19(16-21)26(30)31)18-6-5-11-24(17-18)35(32,33)28-20-12-14-23(15-13-20)34-22-9-2-1-3-10-22/h1-17,28H,(H,27,29)(H,30,31). The number of ether oxygens (including phenoxy) is 1. The molecule has 4 aromatic carbocycles. The summed E-state index contributed by atoms with van der Waals surface area (Å²) < 4.78 is 34.0. The molecule has 8 nitrogen and oxygen atoms in total. The molecule has 9 heteroatoms. The highest BCUT2D eigenvalue weighted by Crippen LogP contribution is 2.24. The molecule has 0 aliphatic carbocycles. The van der Waals surface area contributed by atoms with E-state index >= 15 is 0 Å². The molecule has 0 unspecified atom stereocenters. The van der Waals surface area contributed by atoms with E-state index in [-0.39, 0.29) is 21.7 Å². The van der Waals surface area contributed by atoms with Crippen LogP contribution in [0.2, 0.25) is 0 Å². The minimum absolute atomic E-state index is 0.0171. The zero-order chi connectivity index (χ0) is 24.8. The highest BCUT2D eigenvalue weighted by atomic mass is 32.2. The second-order valence-corrected chi connectivity index (χ2v) is 9.10.